The first-order chi connectivity index (χ1) is 16.9. The number of thioether (sulfide) groups is 1. The lowest BCUT2D eigenvalue weighted by Gasteiger charge is -2.33. The summed E-state index contributed by atoms with van der Waals surface area (Å²) in [6.45, 7) is 2.25. The summed E-state index contributed by atoms with van der Waals surface area (Å²) < 4.78 is 5.35. The molecule has 2 heterocycles. The minimum Gasteiger partial charge on any atom is -0.497 e. The summed E-state index contributed by atoms with van der Waals surface area (Å²) in [7, 11) is 1.56. The van der Waals surface area contributed by atoms with Gasteiger partial charge in [-0.3, -0.25) is 24.2 Å². The van der Waals surface area contributed by atoms with Crippen LogP contribution in [0.5, 0.6) is 5.75 Å². The Morgan fingerprint density at radius 3 is 2.60 bits per heavy atom. The number of hydrogen-bond donors (Lipinski definition) is 1. The minimum absolute atomic E-state index is 0.135. The molecule has 0 radical (unpaired) electrons. The Bertz CT molecular complexity index is 1310. The molecule has 0 aromatic heterocycles. The number of nitrogens with zero attached hydrogens (tertiary/aromatic N) is 2. The van der Waals surface area contributed by atoms with E-state index in [1.165, 1.54) is 16.7 Å². The quantitative estimate of drug-likeness (QED) is 0.575. The average Bonchev–Trinajstić information content (AvgIpc) is 3.34. The van der Waals surface area contributed by atoms with E-state index in [0.717, 1.165) is 11.1 Å². The van der Waals surface area contributed by atoms with Crippen molar-refractivity contribution in [2.24, 2.45) is 0 Å². The zero-order chi connectivity index (χ0) is 24.6. The van der Waals surface area contributed by atoms with Crippen molar-refractivity contribution in [1.29, 1.82) is 0 Å². The molecule has 35 heavy (non-hydrogen) atoms. The van der Waals surface area contributed by atoms with Gasteiger partial charge < -0.3 is 10.1 Å². The molecule has 1 saturated heterocycles. The van der Waals surface area contributed by atoms with Crippen molar-refractivity contribution < 1.29 is 19.1 Å². The lowest BCUT2D eigenvalue weighted by atomic mass is 10.0. The standard InChI is InChI=1S/C27H25N3O4S/c1-18-10-12-19(13-11-18)15-28-24(31)16-29-23-9-4-3-8-22(23)27(26(29)33)30(25(32)17-35-27)20-6-5-7-21(14-20)34-2/h3-14H,15-17H2,1-2H3,(H,28,31)/t27-/m0/s1. The number of amides is 3. The lowest BCUT2D eigenvalue weighted by molar-refractivity contribution is -0.125. The van der Waals surface area contributed by atoms with Gasteiger partial charge in [0.05, 0.1) is 18.6 Å². The van der Waals surface area contributed by atoms with Gasteiger partial charge in [-0.25, -0.2) is 0 Å². The number of rotatable bonds is 6. The van der Waals surface area contributed by atoms with Gasteiger partial charge in [0.1, 0.15) is 12.3 Å². The molecule has 1 spiro atoms. The zero-order valence-electron chi connectivity index (χ0n) is 19.5. The van der Waals surface area contributed by atoms with E-state index in [4.69, 9.17) is 4.74 Å². The highest BCUT2D eigenvalue weighted by molar-refractivity contribution is 8.02. The molecule has 0 unspecified atom stereocenters. The molecule has 2 aliphatic heterocycles. The lowest BCUT2D eigenvalue weighted by Crippen LogP contribution is -2.51. The Balaban J connectivity index is 1.45. The number of anilines is 2. The van der Waals surface area contributed by atoms with E-state index in [2.05, 4.69) is 5.32 Å². The van der Waals surface area contributed by atoms with Crippen LogP contribution in [-0.2, 0) is 25.8 Å². The van der Waals surface area contributed by atoms with Crippen molar-refractivity contribution in [3.63, 3.8) is 0 Å². The van der Waals surface area contributed by atoms with Crippen LogP contribution in [0, 0.1) is 6.92 Å². The van der Waals surface area contributed by atoms with Crippen molar-refractivity contribution in [2.75, 3.05) is 29.2 Å². The van der Waals surface area contributed by atoms with Gasteiger partial charge >= 0.3 is 0 Å². The zero-order valence-corrected chi connectivity index (χ0v) is 20.3. The predicted octanol–water partition coefficient (Wildman–Crippen LogP) is 3.60. The first kappa shape index (κ1) is 23.0. The number of aryl methyl sites for hydroxylation is 1. The van der Waals surface area contributed by atoms with Gasteiger partial charge in [-0.05, 0) is 30.7 Å². The van der Waals surface area contributed by atoms with Gasteiger partial charge in [0.15, 0.2) is 0 Å². The number of fused-ring (bicyclic) bond motifs is 2. The van der Waals surface area contributed by atoms with Crippen molar-refractivity contribution in [2.45, 2.75) is 18.3 Å². The molecule has 3 amide bonds. The van der Waals surface area contributed by atoms with Crippen LogP contribution in [0.2, 0.25) is 0 Å². The van der Waals surface area contributed by atoms with Crippen molar-refractivity contribution in [3.05, 3.63) is 89.5 Å². The van der Waals surface area contributed by atoms with Crippen molar-refractivity contribution in [3.8, 4) is 5.75 Å². The molecule has 7 nitrogen and oxygen atoms in total. The molecule has 0 aliphatic carbocycles. The summed E-state index contributed by atoms with van der Waals surface area (Å²) in [6, 6.07) is 22.4. The second-order valence-electron chi connectivity index (χ2n) is 8.53. The number of ether oxygens (including phenoxy) is 1. The highest BCUT2D eigenvalue weighted by Gasteiger charge is 2.61. The van der Waals surface area contributed by atoms with Gasteiger partial charge in [-0.15, -0.1) is 11.8 Å². The highest BCUT2D eigenvalue weighted by Crippen LogP contribution is 2.55. The summed E-state index contributed by atoms with van der Waals surface area (Å²) in [5.74, 6) is 0.00599. The van der Waals surface area contributed by atoms with E-state index in [1.54, 1.807) is 36.3 Å². The molecule has 3 aromatic rings. The Hall–Kier alpha value is -3.78. The largest absolute Gasteiger partial charge is 0.497 e. The molecule has 3 aromatic carbocycles. The maximum absolute atomic E-state index is 14.0. The number of benzene rings is 3. The SMILES string of the molecule is COc1cccc(N2C(=O)CS[C@@]23C(=O)N(CC(=O)NCc2ccc(C)cc2)c2ccccc23)c1. The van der Waals surface area contributed by atoms with Crippen LogP contribution in [-0.4, -0.2) is 37.1 Å². The monoisotopic (exact) mass is 487 g/mol. The Morgan fingerprint density at radius 1 is 1.06 bits per heavy atom. The fourth-order valence-electron chi connectivity index (χ4n) is 4.57. The molecule has 0 bridgehead atoms. The predicted molar refractivity (Wildman–Crippen MR) is 136 cm³/mol. The van der Waals surface area contributed by atoms with E-state index in [-0.39, 0.29) is 30.0 Å². The Morgan fingerprint density at radius 2 is 1.83 bits per heavy atom. The number of carbonyl (C=O) groups is 3. The van der Waals surface area contributed by atoms with E-state index < -0.39 is 4.87 Å². The summed E-state index contributed by atoms with van der Waals surface area (Å²) >= 11 is 1.28. The molecule has 2 aliphatic rings. The van der Waals surface area contributed by atoms with Crippen LogP contribution in [0.3, 0.4) is 0 Å². The molecule has 1 fully saturated rings. The van der Waals surface area contributed by atoms with Gasteiger partial charge in [-0.1, -0.05) is 54.1 Å². The van der Waals surface area contributed by atoms with Gasteiger partial charge in [-0.2, -0.15) is 0 Å². The van der Waals surface area contributed by atoms with Gasteiger partial charge in [0.25, 0.3) is 5.91 Å². The number of carbonyl (C=O) groups excluding carboxylic acids is 3. The van der Waals surface area contributed by atoms with Crippen LogP contribution in [0.1, 0.15) is 16.7 Å². The number of nitrogens with one attached hydrogen (secondary N) is 1. The summed E-state index contributed by atoms with van der Waals surface area (Å²) in [4.78, 5) is 41.8. The first-order valence-electron chi connectivity index (χ1n) is 11.3. The van der Waals surface area contributed by atoms with Gasteiger partial charge in [0, 0.05) is 23.9 Å². The third-order valence-electron chi connectivity index (χ3n) is 6.29. The molecule has 0 saturated carbocycles. The number of para-hydroxylation sites is 1. The second kappa shape index (κ2) is 9.11. The molecular weight excluding hydrogens is 462 g/mol. The Labute approximate surface area is 208 Å². The van der Waals surface area contributed by atoms with Crippen LogP contribution in [0.25, 0.3) is 0 Å². The molecule has 1 N–H and O–H groups in total. The number of methoxy groups -OCH3 is 1. The molecule has 1 atom stereocenters. The normalized spacial score (nSPS) is 18.8. The molecule has 5 rings (SSSR count). The summed E-state index contributed by atoms with van der Waals surface area (Å²) in [6.07, 6.45) is 0. The second-order valence-corrected chi connectivity index (χ2v) is 9.70. The Kier molecular flexibility index (Phi) is 5.98. The first-order valence-corrected chi connectivity index (χ1v) is 12.3. The van der Waals surface area contributed by atoms with Crippen molar-refractivity contribution in [1.82, 2.24) is 5.32 Å². The number of hydrogen-bond acceptors (Lipinski definition) is 5. The maximum atomic E-state index is 14.0. The summed E-state index contributed by atoms with van der Waals surface area (Å²) in [5, 5.41) is 2.91. The smallest absolute Gasteiger partial charge is 0.269 e. The van der Waals surface area contributed by atoms with Crippen LogP contribution in [0.15, 0.2) is 72.8 Å². The maximum Gasteiger partial charge on any atom is 0.269 e. The van der Waals surface area contributed by atoms with E-state index in [9.17, 15) is 14.4 Å². The molecule has 178 valence electrons. The van der Waals surface area contributed by atoms with Crippen molar-refractivity contribution >= 4 is 40.9 Å². The van der Waals surface area contributed by atoms with E-state index >= 15 is 0 Å². The highest BCUT2D eigenvalue weighted by atomic mass is 32.2. The van der Waals surface area contributed by atoms with Crippen LogP contribution in [0.4, 0.5) is 11.4 Å². The summed E-state index contributed by atoms with van der Waals surface area (Å²) in [5.41, 5.74) is 4.05. The van der Waals surface area contributed by atoms with Crippen LogP contribution < -0.4 is 19.9 Å². The van der Waals surface area contributed by atoms with Crippen LogP contribution >= 0.6 is 11.8 Å². The third kappa shape index (κ3) is 3.93. The fourth-order valence-corrected chi connectivity index (χ4v) is 5.93. The van der Waals surface area contributed by atoms with E-state index in [1.807, 2.05) is 55.5 Å². The third-order valence-corrected chi connectivity index (χ3v) is 7.67. The van der Waals surface area contributed by atoms with E-state index in [0.29, 0.717) is 29.2 Å². The molecule has 8 heteroatoms. The topological polar surface area (TPSA) is 79.0 Å². The molecular formula is C27H25N3O4S. The van der Waals surface area contributed by atoms with Gasteiger partial charge in [0.2, 0.25) is 16.7 Å². The average molecular weight is 488 g/mol. The fraction of sp³-hybridized carbons (Fsp3) is 0.222. The minimum atomic E-state index is -1.27.